The lowest BCUT2D eigenvalue weighted by Crippen LogP contribution is -2.38. The number of hydrogen-bond donors (Lipinski definition) is 0. The van der Waals surface area contributed by atoms with Crippen LogP contribution in [0.1, 0.15) is 6.42 Å². The highest BCUT2D eigenvalue weighted by atomic mass is 35.5. The molecule has 0 saturated carbocycles. The molecule has 0 aromatic heterocycles. The number of ether oxygens (including phenoxy) is 3. The summed E-state index contributed by atoms with van der Waals surface area (Å²) in [6.45, 7) is 0. The van der Waals surface area contributed by atoms with E-state index in [1.54, 1.807) is 0 Å². The maximum absolute atomic E-state index is 11.1. The summed E-state index contributed by atoms with van der Waals surface area (Å²) >= 11 is 7.34. The van der Waals surface area contributed by atoms with Crippen molar-refractivity contribution in [2.24, 2.45) is 0 Å². The van der Waals surface area contributed by atoms with Gasteiger partial charge in [-0.3, -0.25) is 14.4 Å². The highest BCUT2D eigenvalue weighted by Crippen LogP contribution is 2.51. The van der Waals surface area contributed by atoms with Gasteiger partial charge in [-0.1, -0.05) is 11.8 Å². The van der Waals surface area contributed by atoms with Gasteiger partial charge in [-0.05, 0) is 11.8 Å². The topological polar surface area (TPSA) is 78.9 Å². The molecule has 1 atom stereocenters. The lowest BCUT2D eigenvalue weighted by atomic mass is 10.4. The zero-order chi connectivity index (χ0) is 12.5. The standard InChI is InChI=1S/C8H7ClO6S2/c9-2-6(12)13-7-3-16-8(17-7)14-4(10)1-5(11)15-8/h7H,1-3H2. The molecule has 1 unspecified atom stereocenters. The van der Waals surface area contributed by atoms with Crippen LogP contribution in [0.25, 0.3) is 0 Å². The van der Waals surface area contributed by atoms with Gasteiger partial charge in [0.2, 0.25) is 0 Å². The second kappa shape index (κ2) is 4.95. The summed E-state index contributed by atoms with van der Waals surface area (Å²) in [4.78, 5) is 33.3. The van der Waals surface area contributed by atoms with Crippen LogP contribution in [-0.2, 0) is 28.6 Å². The number of thioether (sulfide) groups is 2. The van der Waals surface area contributed by atoms with Crippen LogP contribution in [0.3, 0.4) is 0 Å². The van der Waals surface area contributed by atoms with E-state index in [1.165, 1.54) is 0 Å². The summed E-state index contributed by atoms with van der Waals surface area (Å²) in [5.41, 5.74) is -0.551. The minimum Gasteiger partial charge on any atom is -0.449 e. The minimum atomic E-state index is -1.41. The number of hydrogen-bond acceptors (Lipinski definition) is 8. The van der Waals surface area contributed by atoms with Crippen LogP contribution in [0.4, 0.5) is 0 Å². The van der Waals surface area contributed by atoms with Crippen molar-refractivity contribution in [2.45, 2.75) is 16.3 Å². The zero-order valence-corrected chi connectivity index (χ0v) is 10.7. The molecule has 0 aromatic rings. The SMILES string of the molecule is O=C(CCl)OC1CSC2(OC(=O)CC(=O)O2)S1. The lowest BCUT2D eigenvalue weighted by Gasteiger charge is -2.29. The number of rotatable bonds is 2. The largest absolute Gasteiger partial charge is 0.449 e. The van der Waals surface area contributed by atoms with Crippen LogP contribution < -0.4 is 0 Å². The van der Waals surface area contributed by atoms with Crippen molar-refractivity contribution in [3.63, 3.8) is 0 Å². The highest BCUT2D eigenvalue weighted by Gasteiger charge is 2.52. The van der Waals surface area contributed by atoms with Crippen LogP contribution in [-0.4, -0.2) is 39.4 Å². The van der Waals surface area contributed by atoms with Gasteiger partial charge in [0, 0.05) is 5.75 Å². The molecule has 0 radical (unpaired) electrons. The van der Waals surface area contributed by atoms with Crippen LogP contribution in [0, 0.1) is 0 Å². The Kier molecular flexibility index (Phi) is 3.74. The van der Waals surface area contributed by atoms with Gasteiger partial charge in [0.05, 0.1) is 0 Å². The van der Waals surface area contributed by atoms with E-state index in [9.17, 15) is 14.4 Å². The monoisotopic (exact) mass is 298 g/mol. The maximum atomic E-state index is 11.1. The Morgan fingerprint density at radius 1 is 1.47 bits per heavy atom. The predicted molar refractivity (Wildman–Crippen MR) is 60.2 cm³/mol. The quantitative estimate of drug-likeness (QED) is 0.418. The van der Waals surface area contributed by atoms with Crippen molar-refractivity contribution in [1.82, 2.24) is 0 Å². The number of carbonyl (C=O) groups excluding carboxylic acids is 3. The second-order valence-electron chi connectivity index (χ2n) is 3.11. The van der Waals surface area contributed by atoms with E-state index in [0.717, 1.165) is 23.5 Å². The van der Waals surface area contributed by atoms with E-state index in [0.29, 0.717) is 5.75 Å². The molecule has 9 heteroatoms. The number of esters is 3. The normalized spacial score (nSPS) is 26.5. The van der Waals surface area contributed by atoms with Gasteiger partial charge in [-0.25, -0.2) is 0 Å². The fraction of sp³-hybridized carbons (Fsp3) is 0.625. The third-order valence-electron chi connectivity index (χ3n) is 1.81. The highest BCUT2D eigenvalue weighted by molar-refractivity contribution is 8.21. The molecule has 0 N–H and O–H groups in total. The Morgan fingerprint density at radius 2 is 2.12 bits per heavy atom. The van der Waals surface area contributed by atoms with Crippen molar-refractivity contribution in [3.05, 3.63) is 0 Å². The van der Waals surface area contributed by atoms with E-state index < -0.39 is 34.2 Å². The molecule has 1 spiro atoms. The fourth-order valence-electron chi connectivity index (χ4n) is 1.23. The van der Waals surface area contributed by atoms with Crippen molar-refractivity contribution in [1.29, 1.82) is 0 Å². The van der Waals surface area contributed by atoms with Gasteiger partial charge in [-0.15, -0.1) is 11.6 Å². The van der Waals surface area contributed by atoms with E-state index in [-0.39, 0.29) is 5.88 Å². The van der Waals surface area contributed by atoms with Gasteiger partial charge in [0.1, 0.15) is 12.3 Å². The summed E-state index contributed by atoms with van der Waals surface area (Å²) in [5, 5.41) is 0. The molecule has 2 aliphatic rings. The molecule has 6 nitrogen and oxygen atoms in total. The molecule has 0 aromatic carbocycles. The summed E-state index contributed by atoms with van der Waals surface area (Å²) < 4.78 is 13.5. The Hall–Kier alpha value is -0.600. The average molecular weight is 299 g/mol. The summed E-state index contributed by atoms with van der Waals surface area (Å²) in [6.07, 6.45) is -0.394. The Bertz CT molecular complexity index is 357. The third-order valence-corrected chi connectivity index (χ3v) is 4.85. The fourth-order valence-corrected chi connectivity index (χ4v) is 4.04. The molecule has 2 heterocycles. The predicted octanol–water partition coefficient (Wildman–Crippen LogP) is 0.676. The van der Waals surface area contributed by atoms with E-state index in [2.05, 4.69) is 0 Å². The van der Waals surface area contributed by atoms with Crippen molar-refractivity contribution < 1.29 is 28.6 Å². The molecule has 94 valence electrons. The van der Waals surface area contributed by atoms with Gasteiger partial charge >= 0.3 is 22.4 Å². The average Bonchev–Trinajstić information content (AvgIpc) is 2.58. The van der Waals surface area contributed by atoms with E-state index >= 15 is 0 Å². The van der Waals surface area contributed by atoms with Gasteiger partial charge in [-0.2, -0.15) is 0 Å². The van der Waals surface area contributed by atoms with Gasteiger partial charge in [0.15, 0.2) is 5.44 Å². The van der Waals surface area contributed by atoms with Crippen molar-refractivity contribution in [2.75, 3.05) is 11.6 Å². The van der Waals surface area contributed by atoms with Gasteiger partial charge < -0.3 is 14.2 Å². The first-order valence-corrected chi connectivity index (χ1v) is 6.94. The van der Waals surface area contributed by atoms with E-state index in [1.807, 2.05) is 0 Å². The minimum absolute atomic E-state index is 0.256. The molecule has 0 bridgehead atoms. The molecule has 0 aliphatic carbocycles. The Balaban J connectivity index is 1.98. The first-order chi connectivity index (χ1) is 8.03. The maximum Gasteiger partial charge on any atom is 0.362 e. The first-order valence-electron chi connectivity index (χ1n) is 4.54. The molecule has 2 fully saturated rings. The summed E-state index contributed by atoms with van der Waals surface area (Å²) in [5.74, 6) is -1.77. The first kappa shape index (κ1) is 12.8. The second-order valence-corrected chi connectivity index (χ2v) is 6.09. The molecular weight excluding hydrogens is 292 g/mol. The van der Waals surface area contributed by atoms with Crippen molar-refractivity contribution in [3.8, 4) is 0 Å². The van der Waals surface area contributed by atoms with Crippen LogP contribution in [0.2, 0.25) is 0 Å². The Labute approximate surface area is 110 Å². The van der Waals surface area contributed by atoms with Gasteiger partial charge in [0.25, 0.3) is 0 Å². The molecule has 2 rings (SSSR count). The van der Waals surface area contributed by atoms with Crippen LogP contribution in [0.5, 0.6) is 0 Å². The summed E-state index contributed by atoms with van der Waals surface area (Å²) in [7, 11) is 0. The van der Waals surface area contributed by atoms with Crippen LogP contribution in [0.15, 0.2) is 0 Å². The summed E-state index contributed by atoms with van der Waals surface area (Å²) in [6, 6.07) is 0. The Morgan fingerprint density at radius 3 is 2.71 bits per heavy atom. The molecule has 2 saturated heterocycles. The number of halogens is 1. The van der Waals surface area contributed by atoms with Crippen LogP contribution >= 0.6 is 35.1 Å². The third kappa shape index (κ3) is 2.99. The van der Waals surface area contributed by atoms with Crippen molar-refractivity contribution >= 4 is 53.0 Å². The molecule has 17 heavy (non-hydrogen) atoms. The molecule has 2 aliphatic heterocycles. The zero-order valence-electron chi connectivity index (χ0n) is 8.34. The lowest BCUT2D eigenvalue weighted by molar-refractivity contribution is -0.193. The number of carbonyl (C=O) groups is 3. The molecular formula is C8H7ClO6S2. The van der Waals surface area contributed by atoms with E-state index in [4.69, 9.17) is 25.8 Å². The smallest absolute Gasteiger partial charge is 0.362 e. The molecule has 0 amide bonds. The number of alkyl halides is 1.